The molecule has 204 valence electrons. The number of carbonyl (C=O) groups excluding carboxylic acids is 2. The number of nitrogens with zero attached hydrogens (tertiary/aromatic N) is 1. The number of nitrogens with one attached hydrogen (secondary N) is 1. The maximum absolute atomic E-state index is 13.8. The van der Waals surface area contributed by atoms with Crippen molar-refractivity contribution in [2.75, 3.05) is 46.0 Å². The molecule has 2 aromatic rings. The second kappa shape index (κ2) is 12.8. The van der Waals surface area contributed by atoms with E-state index in [9.17, 15) is 14.7 Å². The SMILES string of the molecule is CCCCOc1ccc(C2C(=C([O-])c3ccc4c(c3)OCCO4)C(=O)C(=O)N2CCC[NH+](CC)CC)cc1. The first-order chi connectivity index (χ1) is 18.5. The Morgan fingerprint density at radius 2 is 1.71 bits per heavy atom. The smallest absolute Gasteiger partial charge is 0.295 e. The van der Waals surface area contributed by atoms with E-state index in [0.717, 1.165) is 38.9 Å². The predicted octanol–water partition coefficient (Wildman–Crippen LogP) is 2.18. The number of benzene rings is 2. The molecule has 1 amide bonds. The highest BCUT2D eigenvalue weighted by atomic mass is 16.6. The van der Waals surface area contributed by atoms with Gasteiger partial charge < -0.3 is 29.1 Å². The summed E-state index contributed by atoms with van der Waals surface area (Å²) in [6.45, 7) is 11.1. The summed E-state index contributed by atoms with van der Waals surface area (Å²) in [5, 5.41) is 13.8. The van der Waals surface area contributed by atoms with Crippen LogP contribution in [-0.2, 0) is 9.59 Å². The number of hydrogen-bond acceptors (Lipinski definition) is 6. The molecule has 2 aromatic carbocycles. The van der Waals surface area contributed by atoms with Crippen LogP contribution in [0.5, 0.6) is 17.2 Å². The summed E-state index contributed by atoms with van der Waals surface area (Å²) in [5.74, 6) is -0.104. The van der Waals surface area contributed by atoms with Crippen LogP contribution in [0.3, 0.4) is 0 Å². The molecule has 1 N–H and O–H groups in total. The highest BCUT2D eigenvalue weighted by Gasteiger charge is 2.44. The van der Waals surface area contributed by atoms with Gasteiger partial charge in [0, 0.05) is 18.5 Å². The van der Waals surface area contributed by atoms with Gasteiger partial charge in [0.05, 0.1) is 32.3 Å². The van der Waals surface area contributed by atoms with Crippen molar-refractivity contribution in [3.63, 3.8) is 0 Å². The molecule has 1 unspecified atom stereocenters. The minimum absolute atomic E-state index is 0.0264. The molecule has 38 heavy (non-hydrogen) atoms. The maximum atomic E-state index is 13.8. The number of Topliss-reactive ketones (excluding diaryl/α,β-unsaturated/α-hetero) is 1. The van der Waals surface area contributed by atoms with Gasteiger partial charge in [-0.2, -0.15) is 0 Å². The van der Waals surface area contributed by atoms with Crippen molar-refractivity contribution in [2.24, 2.45) is 0 Å². The molecule has 0 spiro atoms. The Morgan fingerprint density at radius 3 is 2.39 bits per heavy atom. The van der Waals surface area contributed by atoms with E-state index in [0.29, 0.717) is 54.7 Å². The Labute approximate surface area is 224 Å². The van der Waals surface area contributed by atoms with Crippen LogP contribution in [0, 0.1) is 0 Å². The van der Waals surface area contributed by atoms with Gasteiger partial charge in [-0.05, 0) is 55.7 Å². The largest absolute Gasteiger partial charge is 0.872 e. The highest BCUT2D eigenvalue weighted by molar-refractivity contribution is 6.46. The summed E-state index contributed by atoms with van der Waals surface area (Å²) >= 11 is 0. The van der Waals surface area contributed by atoms with Crippen LogP contribution in [0.15, 0.2) is 48.0 Å². The molecule has 2 heterocycles. The van der Waals surface area contributed by atoms with E-state index in [2.05, 4.69) is 20.8 Å². The number of rotatable bonds is 12. The lowest BCUT2D eigenvalue weighted by atomic mass is 9.95. The molecule has 0 bridgehead atoms. The van der Waals surface area contributed by atoms with Crippen molar-refractivity contribution >= 4 is 17.4 Å². The molecule has 8 heteroatoms. The molecule has 8 nitrogen and oxygen atoms in total. The Kier molecular flexibility index (Phi) is 9.29. The molecule has 0 aliphatic carbocycles. The monoisotopic (exact) mass is 522 g/mol. The lowest BCUT2D eigenvalue weighted by Gasteiger charge is -2.28. The molecule has 2 aliphatic heterocycles. The molecular formula is C30H38N2O6. The van der Waals surface area contributed by atoms with Gasteiger partial charge in [0.1, 0.15) is 19.0 Å². The zero-order chi connectivity index (χ0) is 27.1. The van der Waals surface area contributed by atoms with Crippen molar-refractivity contribution in [3.8, 4) is 17.2 Å². The predicted molar refractivity (Wildman–Crippen MR) is 142 cm³/mol. The van der Waals surface area contributed by atoms with E-state index in [-0.39, 0.29) is 5.57 Å². The molecule has 0 aromatic heterocycles. The van der Waals surface area contributed by atoms with Gasteiger partial charge in [-0.25, -0.2) is 0 Å². The Morgan fingerprint density at radius 1 is 1.00 bits per heavy atom. The third kappa shape index (κ3) is 5.96. The summed E-state index contributed by atoms with van der Waals surface area (Å²) in [5.41, 5.74) is 0.981. The first-order valence-corrected chi connectivity index (χ1v) is 13.7. The zero-order valence-corrected chi connectivity index (χ0v) is 22.6. The normalized spacial score (nSPS) is 18.3. The average Bonchev–Trinajstić information content (AvgIpc) is 3.20. The standard InChI is InChI=1S/C30H38N2O6/c1-4-7-17-36-23-12-9-21(10-13-23)27-26(28(33)22-11-14-24-25(20-22)38-19-18-37-24)29(34)30(35)32(27)16-8-15-31(5-2)6-3/h9-14,20,27,33H,4-8,15-19H2,1-3H3. The number of hydrogen-bond donors (Lipinski definition) is 1. The third-order valence-electron chi connectivity index (χ3n) is 7.23. The fraction of sp³-hybridized carbons (Fsp3) is 0.467. The summed E-state index contributed by atoms with van der Waals surface area (Å²) in [6, 6.07) is 11.5. The Hall–Kier alpha value is -3.52. The van der Waals surface area contributed by atoms with Crippen molar-refractivity contribution < 1.29 is 33.8 Å². The second-order valence-electron chi connectivity index (χ2n) is 9.66. The van der Waals surface area contributed by atoms with Gasteiger partial charge in [0.15, 0.2) is 11.5 Å². The first kappa shape index (κ1) is 27.5. The summed E-state index contributed by atoms with van der Waals surface area (Å²) in [6.07, 6.45) is 2.72. The molecule has 0 saturated carbocycles. The van der Waals surface area contributed by atoms with Gasteiger partial charge >= 0.3 is 0 Å². The quantitative estimate of drug-likeness (QED) is 0.199. The number of ketones is 1. The topological polar surface area (TPSA) is 92.6 Å². The van der Waals surface area contributed by atoms with Crippen LogP contribution in [-0.4, -0.2) is 62.6 Å². The number of fused-ring (bicyclic) bond motifs is 1. The number of ether oxygens (including phenoxy) is 3. The van der Waals surface area contributed by atoms with Crippen LogP contribution >= 0.6 is 0 Å². The van der Waals surface area contributed by atoms with Gasteiger partial charge in [-0.15, -0.1) is 0 Å². The molecule has 1 fully saturated rings. The fourth-order valence-electron chi connectivity index (χ4n) is 4.97. The Balaban J connectivity index is 1.69. The van der Waals surface area contributed by atoms with Gasteiger partial charge in [-0.1, -0.05) is 37.3 Å². The summed E-state index contributed by atoms with van der Waals surface area (Å²) in [7, 11) is 0. The fourth-order valence-corrected chi connectivity index (χ4v) is 4.97. The summed E-state index contributed by atoms with van der Waals surface area (Å²) in [4.78, 5) is 29.5. The van der Waals surface area contributed by atoms with E-state index in [1.54, 1.807) is 23.1 Å². The van der Waals surface area contributed by atoms with Crippen LogP contribution in [0.4, 0.5) is 0 Å². The van der Waals surface area contributed by atoms with Crippen molar-refractivity contribution in [1.82, 2.24) is 4.90 Å². The molecule has 1 atom stereocenters. The third-order valence-corrected chi connectivity index (χ3v) is 7.23. The lowest BCUT2D eigenvalue weighted by molar-refractivity contribution is -0.896. The second-order valence-corrected chi connectivity index (χ2v) is 9.66. The van der Waals surface area contributed by atoms with Gasteiger partial charge in [-0.3, -0.25) is 9.59 Å². The highest BCUT2D eigenvalue weighted by Crippen LogP contribution is 2.40. The van der Waals surface area contributed by atoms with Crippen molar-refractivity contribution in [1.29, 1.82) is 0 Å². The molecular weight excluding hydrogens is 484 g/mol. The van der Waals surface area contributed by atoms with Gasteiger partial charge in [0.25, 0.3) is 5.91 Å². The average molecular weight is 523 g/mol. The summed E-state index contributed by atoms with van der Waals surface area (Å²) < 4.78 is 17.0. The van der Waals surface area contributed by atoms with E-state index < -0.39 is 23.5 Å². The van der Waals surface area contributed by atoms with E-state index in [4.69, 9.17) is 14.2 Å². The first-order valence-electron chi connectivity index (χ1n) is 13.7. The maximum Gasteiger partial charge on any atom is 0.295 e. The number of carbonyl (C=O) groups is 2. The number of unbranched alkanes of at least 4 members (excludes halogenated alkanes) is 1. The van der Waals surface area contributed by atoms with E-state index in [1.807, 2.05) is 24.3 Å². The number of quaternary nitrogens is 1. The molecule has 1 saturated heterocycles. The van der Waals surface area contributed by atoms with Crippen LogP contribution in [0.1, 0.15) is 57.2 Å². The van der Waals surface area contributed by atoms with Crippen molar-refractivity contribution in [2.45, 2.75) is 46.1 Å². The van der Waals surface area contributed by atoms with Gasteiger partial charge in [0.2, 0.25) is 5.78 Å². The van der Waals surface area contributed by atoms with Crippen molar-refractivity contribution in [3.05, 3.63) is 59.2 Å². The molecule has 2 aliphatic rings. The van der Waals surface area contributed by atoms with E-state index in [1.165, 1.54) is 4.90 Å². The van der Waals surface area contributed by atoms with Crippen LogP contribution in [0.25, 0.3) is 5.76 Å². The molecule has 4 rings (SSSR count). The van der Waals surface area contributed by atoms with Crippen LogP contribution < -0.4 is 24.2 Å². The number of likely N-dealkylation sites (tertiary alicyclic amines) is 1. The minimum atomic E-state index is -0.757. The van der Waals surface area contributed by atoms with Crippen LogP contribution in [0.2, 0.25) is 0 Å². The molecule has 0 radical (unpaired) electrons. The van der Waals surface area contributed by atoms with E-state index >= 15 is 0 Å². The lowest BCUT2D eigenvalue weighted by Crippen LogP contribution is -3.11. The Bertz CT molecular complexity index is 1160. The number of amides is 1. The minimum Gasteiger partial charge on any atom is -0.872 e. The zero-order valence-electron chi connectivity index (χ0n) is 22.6.